The van der Waals surface area contributed by atoms with E-state index in [4.69, 9.17) is 0 Å². The zero-order chi connectivity index (χ0) is 17.4. The highest BCUT2D eigenvalue weighted by molar-refractivity contribution is 6.39. The molecule has 0 bridgehead atoms. The number of nitrogens with zero attached hydrogens (tertiary/aromatic N) is 2. The lowest BCUT2D eigenvalue weighted by Crippen LogP contribution is -2.24. The van der Waals surface area contributed by atoms with Crippen molar-refractivity contribution in [2.75, 3.05) is 33.1 Å². The Morgan fingerprint density at radius 1 is 1.00 bits per heavy atom. The topological polar surface area (TPSA) is 43.5 Å². The van der Waals surface area contributed by atoms with Crippen LogP contribution >= 0.6 is 0 Å². The van der Waals surface area contributed by atoms with Crippen molar-refractivity contribution in [3.05, 3.63) is 58.9 Å². The number of hydrogen-bond acceptors (Lipinski definition) is 3. The summed E-state index contributed by atoms with van der Waals surface area (Å²) in [6.45, 7) is 0. The molecule has 1 N–H and O–H groups in total. The number of hydrogen-bond donors (Lipinski definition) is 1. The Morgan fingerprint density at radius 2 is 1.67 bits per heavy atom. The minimum absolute atomic E-state index is 0.0574. The van der Waals surface area contributed by atoms with Crippen molar-refractivity contribution in [2.45, 2.75) is 12.8 Å². The molecule has 2 aliphatic carbocycles. The van der Waals surface area contributed by atoms with Gasteiger partial charge in [-0.1, -0.05) is 18.2 Å². The van der Waals surface area contributed by atoms with Crippen LogP contribution < -0.4 is 4.90 Å². The smallest absolute Gasteiger partial charge is 0.201 e. The van der Waals surface area contributed by atoms with Gasteiger partial charge in [-0.25, -0.2) is 4.58 Å². The molecule has 0 aromatic heterocycles. The molecule has 1 aromatic rings. The minimum atomic E-state index is -0.0574. The highest BCUT2D eigenvalue weighted by Gasteiger charge is 2.37. The summed E-state index contributed by atoms with van der Waals surface area (Å²) in [5.41, 5.74) is 4.90. The number of allylic oxidation sites excluding steroid dienone is 5. The standard InChI is InChI=1S/C20H22N2O2/c1-21(2)15-9-5-13(6-10-15)17-19(23)18(20(17)24)14-7-11-16(12-8-14)22(3)4/h5-7,9-11H,8,12H2,1-4H3/p+1. The summed E-state index contributed by atoms with van der Waals surface area (Å²) in [6, 6.07) is 7.67. The first-order chi connectivity index (χ1) is 11.4. The molecule has 0 fully saturated rings. The van der Waals surface area contributed by atoms with Gasteiger partial charge in [0.25, 0.3) is 0 Å². The van der Waals surface area contributed by atoms with Gasteiger partial charge < -0.3 is 10.0 Å². The van der Waals surface area contributed by atoms with E-state index in [0.717, 1.165) is 29.7 Å². The first-order valence-electron chi connectivity index (χ1n) is 8.10. The Morgan fingerprint density at radius 3 is 2.12 bits per heavy atom. The number of carbonyl (C=O) groups is 1. The van der Waals surface area contributed by atoms with Gasteiger partial charge in [-0.2, -0.15) is 0 Å². The van der Waals surface area contributed by atoms with Gasteiger partial charge in [-0.3, -0.25) is 4.79 Å². The van der Waals surface area contributed by atoms with Crippen LogP contribution in [0.3, 0.4) is 0 Å². The second kappa shape index (κ2) is 6.11. The lowest BCUT2D eigenvalue weighted by Gasteiger charge is -2.25. The fourth-order valence-electron chi connectivity index (χ4n) is 3.10. The molecule has 124 valence electrons. The summed E-state index contributed by atoms with van der Waals surface area (Å²) in [4.78, 5) is 14.6. The van der Waals surface area contributed by atoms with Crippen molar-refractivity contribution in [3.63, 3.8) is 0 Å². The van der Waals surface area contributed by atoms with E-state index in [9.17, 15) is 9.90 Å². The molecular formula is C20H23N2O2+. The summed E-state index contributed by atoms with van der Waals surface area (Å²) in [5.74, 6) is 0.0728. The number of aliphatic hydroxyl groups is 1. The number of anilines is 1. The fourth-order valence-corrected chi connectivity index (χ4v) is 3.10. The second-order valence-corrected chi connectivity index (χ2v) is 6.61. The van der Waals surface area contributed by atoms with E-state index in [1.807, 2.05) is 69.5 Å². The van der Waals surface area contributed by atoms with E-state index in [0.29, 0.717) is 11.1 Å². The van der Waals surface area contributed by atoms with Crippen LogP contribution in [-0.4, -0.2) is 49.4 Å². The highest BCUT2D eigenvalue weighted by Crippen LogP contribution is 2.40. The van der Waals surface area contributed by atoms with Gasteiger partial charge in [-0.15, -0.1) is 0 Å². The van der Waals surface area contributed by atoms with Gasteiger partial charge in [0.15, 0.2) is 5.71 Å². The third-order valence-corrected chi connectivity index (χ3v) is 4.62. The van der Waals surface area contributed by atoms with Crippen LogP contribution in [-0.2, 0) is 4.79 Å². The maximum atomic E-state index is 12.6. The highest BCUT2D eigenvalue weighted by atomic mass is 16.3. The maximum absolute atomic E-state index is 12.6. The van der Waals surface area contributed by atoms with Crippen LogP contribution in [0.4, 0.5) is 5.69 Å². The Balaban J connectivity index is 1.93. The number of benzene rings is 1. The number of Topliss-reactive ketones (excluding diaryl/α,β-unsaturated/α-hetero) is 1. The Kier molecular flexibility index (Phi) is 4.14. The predicted octanol–water partition coefficient (Wildman–Crippen LogP) is 2.96. The molecule has 3 rings (SSSR count). The zero-order valence-electron chi connectivity index (χ0n) is 14.6. The Hall–Kier alpha value is -2.62. The normalized spacial score (nSPS) is 20.3. The van der Waals surface area contributed by atoms with Gasteiger partial charge in [0.05, 0.1) is 11.1 Å². The average Bonchev–Trinajstić information content (AvgIpc) is 2.56. The van der Waals surface area contributed by atoms with Gasteiger partial charge in [-0.05, 0) is 29.7 Å². The van der Waals surface area contributed by atoms with Crippen LogP contribution in [0.1, 0.15) is 18.4 Å². The van der Waals surface area contributed by atoms with Crippen LogP contribution in [0.15, 0.2) is 53.3 Å². The number of ketones is 1. The van der Waals surface area contributed by atoms with Crippen molar-refractivity contribution < 1.29 is 14.5 Å². The van der Waals surface area contributed by atoms with E-state index in [1.54, 1.807) is 0 Å². The van der Waals surface area contributed by atoms with Crippen molar-refractivity contribution in [2.24, 2.45) is 0 Å². The molecule has 0 aliphatic heterocycles. The molecule has 1 aromatic carbocycles. The molecule has 0 saturated carbocycles. The summed E-state index contributed by atoms with van der Waals surface area (Å²) >= 11 is 0. The maximum Gasteiger partial charge on any atom is 0.201 e. The monoisotopic (exact) mass is 323 g/mol. The molecule has 2 aliphatic rings. The average molecular weight is 323 g/mol. The van der Waals surface area contributed by atoms with Crippen molar-refractivity contribution in [3.8, 4) is 0 Å². The number of carbonyl (C=O) groups excluding carboxylic acids is 1. The SMILES string of the molecule is CN(C)c1ccc(C2=C(O)/C(=C3\C=CC(=[N+](C)C)CC3)C2=O)cc1. The summed E-state index contributed by atoms with van der Waals surface area (Å²) in [5, 5.41) is 10.4. The van der Waals surface area contributed by atoms with Gasteiger partial charge in [0.2, 0.25) is 5.78 Å². The molecule has 4 nitrogen and oxygen atoms in total. The quantitative estimate of drug-likeness (QED) is 0.672. The van der Waals surface area contributed by atoms with Crippen molar-refractivity contribution in [1.82, 2.24) is 0 Å². The lowest BCUT2D eigenvalue weighted by molar-refractivity contribution is -0.464. The van der Waals surface area contributed by atoms with E-state index in [-0.39, 0.29) is 11.5 Å². The Labute approximate surface area is 142 Å². The first kappa shape index (κ1) is 16.2. The van der Waals surface area contributed by atoms with Gasteiger partial charge in [0, 0.05) is 32.3 Å². The molecule has 0 unspecified atom stereocenters. The summed E-state index contributed by atoms with van der Waals surface area (Å²) in [7, 11) is 7.97. The van der Waals surface area contributed by atoms with Crippen molar-refractivity contribution >= 4 is 22.8 Å². The molecule has 24 heavy (non-hydrogen) atoms. The third kappa shape index (κ3) is 2.68. The van der Waals surface area contributed by atoms with E-state index >= 15 is 0 Å². The molecule has 0 heterocycles. The zero-order valence-corrected chi connectivity index (χ0v) is 14.6. The Bertz CT molecular complexity index is 818. The molecule has 0 spiro atoms. The molecule has 0 amide bonds. The predicted molar refractivity (Wildman–Crippen MR) is 97.8 cm³/mol. The van der Waals surface area contributed by atoms with Gasteiger partial charge >= 0.3 is 0 Å². The van der Waals surface area contributed by atoms with Crippen LogP contribution in [0.25, 0.3) is 5.57 Å². The van der Waals surface area contributed by atoms with E-state index in [1.165, 1.54) is 5.71 Å². The van der Waals surface area contributed by atoms with Crippen LogP contribution in [0.5, 0.6) is 0 Å². The fraction of sp³-hybridized carbons (Fsp3) is 0.300. The second-order valence-electron chi connectivity index (χ2n) is 6.61. The van der Waals surface area contributed by atoms with Crippen molar-refractivity contribution in [1.29, 1.82) is 0 Å². The lowest BCUT2D eigenvalue weighted by atomic mass is 9.79. The van der Waals surface area contributed by atoms with E-state index < -0.39 is 0 Å². The van der Waals surface area contributed by atoms with Gasteiger partial charge in [0.1, 0.15) is 19.9 Å². The summed E-state index contributed by atoms with van der Waals surface area (Å²) < 4.78 is 2.08. The molecule has 0 saturated heterocycles. The molecule has 4 heteroatoms. The largest absolute Gasteiger partial charge is 0.506 e. The molecule has 0 atom stereocenters. The van der Waals surface area contributed by atoms with E-state index in [2.05, 4.69) is 4.58 Å². The third-order valence-electron chi connectivity index (χ3n) is 4.62. The van der Waals surface area contributed by atoms with Crippen LogP contribution in [0.2, 0.25) is 0 Å². The molecule has 0 radical (unpaired) electrons. The summed E-state index contributed by atoms with van der Waals surface area (Å²) in [6.07, 6.45) is 5.64. The van der Waals surface area contributed by atoms with Crippen LogP contribution in [0, 0.1) is 0 Å². The number of rotatable bonds is 2. The minimum Gasteiger partial charge on any atom is -0.506 e. The molecular weight excluding hydrogens is 300 g/mol. The number of aliphatic hydroxyl groups excluding tert-OH is 1. The first-order valence-corrected chi connectivity index (χ1v) is 8.10.